The maximum absolute atomic E-state index is 13.4. The molecule has 0 bridgehead atoms. The van der Waals surface area contributed by atoms with E-state index in [0.29, 0.717) is 23.0 Å². The van der Waals surface area contributed by atoms with Gasteiger partial charge >= 0.3 is 5.97 Å². The first-order valence-corrected chi connectivity index (χ1v) is 10.1. The summed E-state index contributed by atoms with van der Waals surface area (Å²) < 4.78 is 32.8. The van der Waals surface area contributed by atoms with Crippen molar-refractivity contribution >= 4 is 33.3 Å². The first-order chi connectivity index (χ1) is 12.3. The van der Waals surface area contributed by atoms with Gasteiger partial charge in [0, 0.05) is 6.54 Å². The van der Waals surface area contributed by atoms with Crippen LogP contribution in [0.3, 0.4) is 0 Å². The maximum atomic E-state index is 13.4. The van der Waals surface area contributed by atoms with Crippen LogP contribution in [0.1, 0.15) is 30.6 Å². The predicted molar refractivity (Wildman–Crippen MR) is 103 cm³/mol. The van der Waals surface area contributed by atoms with Crippen molar-refractivity contribution in [1.29, 1.82) is 0 Å². The van der Waals surface area contributed by atoms with Crippen molar-refractivity contribution in [3.63, 3.8) is 0 Å². The lowest BCUT2D eigenvalue weighted by atomic mass is 10.1. The van der Waals surface area contributed by atoms with Crippen molar-refractivity contribution in [3.8, 4) is 0 Å². The van der Waals surface area contributed by atoms with Gasteiger partial charge in [-0.3, -0.25) is 4.31 Å². The number of hydrogen-bond acceptors (Lipinski definition) is 4. The van der Waals surface area contributed by atoms with E-state index in [9.17, 15) is 13.2 Å². The van der Waals surface area contributed by atoms with Crippen LogP contribution in [0.5, 0.6) is 0 Å². The molecule has 0 atom stereocenters. The van der Waals surface area contributed by atoms with Gasteiger partial charge in [0.15, 0.2) is 0 Å². The molecule has 2 aromatic carbocycles. The molecule has 7 heteroatoms. The Morgan fingerprint density at radius 3 is 2.35 bits per heavy atom. The summed E-state index contributed by atoms with van der Waals surface area (Å²) in [5.41, 5.74) is 0.381. The van der Waals surface area contributed by atoms with Crippen molar-refractivity contribution in [2.24, 2.45) is 5.92 Å². The molecule has 0 saturated carbocycles. The first kappa shape index (κ1) is 20.3. The second-order valence-electron chi connectivity index (χ2n) is 6.20. The van der Waals surface area contributed by atoms with Gasteiger partial charge in [-0.05, 0) is 36.6 Å². The van der Waals surface area contributed by atoms with Gasteiger partial charge in [0.05, 0.1) is 23.4 Å². The number of esters is 1. The fourth-order valence-corrected chi connectivity index (χ4v) is 4.46. The number of carbonyl (C=O) groups excluding carboxylic acids is 1. The molecule has 0 aliphatic carbocycles. The van der Waals surface area contributed by atoms with E-state index in [4.69, 9.17) is 16.3 Å². The zero-order valence-electron chi connectivity index (χ0n) is 15.0. The number of sulfonamides is 1. The number of hydrogen-bond donors (Lipinski definition) is 0. The number of carbonyl (C=O) groups is 1. The zero-order chi connectivity index (χ0) is 19.3. The minimum Gasteiger partial charge on any atom is -0.465 e. The van der Waals surface area contributed by atoms with Crippen LogP contribution < -0.4 is 4.31 Å². The lowest BCUT2D eigenvalue weighted by Gasteiger charge is -2.27. The Bertz CT molecular complexity index is 881. The minimum atomic E-state index is -4.01. The number of ether oxygens (including phenoxy) is 1. The summed E-state index contributed by atoms with van der Waals surface area (Å²) >= 11 is 6.26. The highest BCUT2D eigenvalue weighted by molar-refractivity contribution is 7.93. The molecule has 0 aromatic heterocycles. The van der Waals surface area contributed by atoms with E-state index in [1.165, 1.54) is 23.5 Å². The number of nitrogens with zero attached hydrogens (tertiary/aromatic N) is 1. The Balaban J connectivity index is 2.60. The van der Waals surface area contributed by atoms with Crippen molar-refractivity contribution in [3.05, 3.63) is 59.1 Å². The quantitative estimate of drug-likeness (QED) is 0.653. The molecule has 0 aliphatic rings. The molecule has 140 valence electrons. The summed E-state index contributed by atoms with van der Waals surface area (Å²) in [6.45, 7) is 4.28. The molecule has 0 aliphatic heterocycles. The molecule has 2 rings (SSSR count). The van der Waals surface area contributed by atoms with Crippen LogP contribution in [0.4, 0.5) is 5.69 Å². The number of para-hydroxylation sites is 1. The highest BCUT2D eigenvalue weighted by atomic mass is 35.5. The average molecular weight is 396 g/mol. The molecule has 0 saturated heterocycles. The number of anilines is 1. The molecule has 0 radical (unpaired) electrons. The molecular weight excluding hydrogens is 374 g/mol. The number of rotatable bonds is 7. The summed E-state index contributed by atoms with van der Waals surface area (Å²) in [4.78, 5) is 11.9. The summed E-state index contributed by atoms with van der Waals surface area (Å²) in [5.74, 6) is -0.404. The fraction of sp³-hybridized carbons (Fsp3) is 0.316. The normalized spacial score (nSPS) is 11.4. The van der Waals surface area contributed by atoms with Gasteiger partial charge in [0.1, 0.15) is 4.90 Å². The molecule has 2 aromatic rings. The highest BCUT2D eigenvalue weighted by Crippen LogP contribution is 2.32. The number of halogens is 1. The second kappa shape index (κ2) is 8.56. The molecule has 5 nitrogen and oxygen atoms in total. The number of methoxy groups -OCH3 is 1. The van der Waals surface area contributed by atoms with Gasteiger partial charge in [0.2, 0.25) is 0 Å². The van der Waals surface area contributed by atoms with Crippen molar-refractivity contribution in [2.45, 2.75) is 25.2 Å². The molecule has 0 fully saturated rings. The molecule has 0 N–H and O–H groups in total. The Hall–Kier alpha value is -2.05. The van der Waals surface area contributed by atoms with E-state index in [-0.39, 0.29) is 17.0 Å². The van der Waals surface area contributed by atoms with Crippen LogP contribution in [0, 0.1) is 5.92 Å². The minimum absolute atomic E-state index is 0.00315. The molecule has 26 heavy (non-hydrogen) atoms. The largest absolute Gasteiger partial charge is 0.465 e. The molecule has 0 unspecified atom stereocenters. The van der Waals surface area contributed by atoms with Crippen molar-refractivity contribution in [2.75, 3.05) is 18.0 Å². The summed E-state index contributed by atoms with van der Waals surface area (Å²) in [6, 6.07) is 12.8. The highest BCUT2D eigenvalue weighted by Gasteiger charge is 2.30. The molecular formula is C19H22ClNO4S. The third kappa shape index (κ3) is 4.37. The van der Waals surface area contributed by atoms with Crippen LogP contribution in [0.15, 0.2) is 53.4 Å². The van der Waals surface area contributed by atoms with E-state index in [1.54, 1.807) is 36.4 Å². The van der Waals surface area contributed by atoms with E-state index < -0.39 is 16.0 Å². The molecule has 0 amide bonds. The average Bonchev–Trinajstić information content (AvgIpc) is 2.62. The summed E-state index contributed by atoms with van der Waals surface area (Å²) in [5, 5.41) is 0.329. The lowest BCUT2D eigenvalue weighted by molar-refractivity contribution is 0.0596. The first-order valence-electron chi connectivity index (χ1n) is 8.23. The molecule has 0 heterocycles. The standard InChI is InChI=1S/C19H22ClNO4S/c1-14(2)12-13-21(17-10-6-5-9-16(17)20)26(23,24)18-11-7-4-8-15(18)19(22)25-3/h4-11,14H,12-13H2,1-3H3. The van der Waals surface area contributed by atoms with Gasteiger partial charge in [-0.15, -0.1) is 0 Å². The van der Waals surface area contributed by atoms with Crippen molar-refractivity contribution in [1.82, 2.24) is 0 Å². The topological polar surface area (TPSA) is 63.7 Å². The molecule has 0 spiro atoms. The van der Waals surface area contributed by atoms with Crippen LogP contribution in [-0.2, 0) is 14.8 Å². The van der Waals surface area contributed by atoms with Gasteiger partial charge in [-0.1, -0.05) is 49.7 Å². The van der Waals surface area contributed by atoms with Crippen LogP contribution in [-0.4, -0.2) is 28.0 Å². The smallest absolute Gasteiger partial charge is 0.339 e. The second-order valence-corrected chi connectivity index (χ2v) is 8.44. The zero-order valence-corrected chi connectivity index (χ0v) is 16.5. The van der Waals surface area contributed by atoms with E-state index in [1.807, 2.05) is 13.8 Å². The SMILES string of the molecule is COC(=O)c1ccccc1S(=O)(=O)N(CCC(C)C)c1ccccc1Cl. The fourth-order valence-electron chi connectivity index (χ4n) is 2.49. The van der Waals surface area contributed by atoms with Crippen LogP contribution >= 0.6 is 11.6 Å². The van der Waals surface area contributed by atoms with E-state index in [0.717, 1.165) is 0 Å². The Kier molecular flexibility index (Phi) is 6.67. The van der Waals surface area contributed by atoms with E-state index in [2.05, 4.69) is 0 Å². The third-order valence-electron chi connectivity index (χ3n) is 3.89. The lowest BCUT2D eigenvalue weighted by Crippen LogP contribution is -2.34. The predicted octanol–water partition coefficient (Wildman–Crippen LogP) is 4.37. The van der Waals surface area contributed by atoms with Gasteiger partial charge in [-0.25, -0.2) is 13.2 Å². The Morgan fingerprint density at radius 2 is 1.73 bits per heavy atom. The monoisotopic (exact) mass is 395 g/mol. The maximum Gasteiger partial charge on any atom is 0.339 e. The van der Waals surface area contributed by atoms with Gasteiger partial charge in [-0.2, -0.15) is 0 Å². The summed E-state index contributed by atoms with van der Waals surface area (Å²) in [6.07, 6.45) is 0.644. The Morgan fingerprint density at radius 1 is 1.12 bits per heavy atom. The van der Waals surface area contributed by atoms with Gasteiger partial charge < -0.3 is 4.74 Å². The Labute approximate surface area is 159 Å². The van der Waals surface area contributed by atoms with Crippen LogP contribution in [0.2, 0.25) is 5.02 Å². The van der Waals surface area contributed by atoms with Gasteiger partial charge in [0.25, 0.3) is 10.0 Å². The van der Waals surface area contributed by atoms with Crippen molar-refractivity contribution < 1.29 is 17.9 Å². The van der Waals surface area contributed by atoms with E-state index >= 15 is 0 Å². The van der Waals surface area contributed by atoms with Crippen LogP contribution in [0.25, 0.3) is 0 Å². The summed E-state index contributed by atoms with van der Waals surface area (Å²) in [7, 11) is -2.79. The number of benzene rings is 2. The third-order valence-corrected chi connectivity index (χ3v) is 6.08.